The number of likely N-dealkylation sites (tertiary alicyclic amines) is 1. The predicted molar refractivity (Wildman–Crippen MR) is 141 cm³/mol. The van der Waals surface area contributed by atoms with E-state index in [4.69, 9.17) is 8.94 Å². The van der Waals surface area contributed by atoms with E-state index in [0.717, 1.165) is 41.0 Å². The van der Waals surface area contributed by atoms with Crippen molar-refractivity contribution in [3.63, 3.8) is 0 Å². The van der Waals surface area contributed by atoms with Crippen LogP contribution in [-0.2, 0) is 11.2 Å². The highest BCUT2D eigenvalue weighted by molar-refractivity contribution is 5.86. The molecule has 1 aliphatic heterocycles. The number of nitrogens with zero attached hydrogens (tertiary/aromatic N) is 2. The molecule has 1 aliphatic carbocycles. The molecular formula is C30H35N3O3. The third-order valence-corrected chi connectivity index (χ3v) is 8.38. The number of nitrogens with one attached hydrogen (secondary N) is 1. The van der Waals surface area contributed by atoms with Gasteiger partial charge in [-0.1, -0.05) is 35.5 Å². The van der Waals surface area contributed by atoms with Gasteiger partial charge in [0.2, 0.25) is 5.91 Å². The van der Waals surface area contributed by atoms with E-state index in [9.17, 15) is 4.79 Å². The third kappa shape index (κ3) is 5.05. The Bertz CT molecular complexity index is 1310. The first kappa shape index (κ1) is 23.3. The Balaban J connectivity index is 0.911. The molecule has 4 aromatic rings. The fraction of sp³-hybridized carbons (Fsp3) is 0.467. The normalized spacial score (nSPS) is 21.8. The van der Waals surface area contributed by atoms with Crippen LogP contribution in [0.4, 0.5) is 0 Å². The maximum atomic E-state index is 12.6. The van der Waals surface area contributed by atoms with Crippen molar-refractivity contribution in [3.8, 4) is 0 Å². The van der Waals surface area contributed by atoms with Gasteiger partial charge in [0.1, 0.15) is 11.3 Å². The summed E-state index contributed by atoms with van der Waals surface area (Å²) in [6, 6.07) is 16.4. The van der Waals surface area contributed by atoms with Crippen molar-refractivity contribution in [3.05, 3.63) is 66.1 Å². The highest BCUT2D eigenvalue weighted by Crippen LogP contribution is 2.35. The zero-order valence-electron chi connectivity index (χ0n) is 20.8. The Hall–Kier alpha value is -3.12. The molecule has 188 valence electrons. The van der Waals surface area contributed by atoms with Gasteiger partial charge in [0, 0.05) is 22.4 Å². The fourth-order valence-electron chi connectivity index (χ4n) is 6.24. The zero-order chi connectivity index (χ0) is 24.3. The first-order chi connectivity index (χ1) is 17.7. The Morgan fingerprint density at radius 2 is 1.64 bits per heavy atom. The lowest BCUT2D eigenvalue weighted by molar-refractivity contribution is -0.121. The van der Waals surface area contributed by atoms with Crippen molar-refractivity contribution < 1.29 is 13.7 Å². The van der Waals surface area contributed by atoms with Crippen molar-refractivity contribution in [2.24, 2.45) is 5.92 Å². The van der Waals surface area contributed by atoms with Gasteiger partial charge in [-0.05, 0) is 94.6 Å². The van der Waals surface area contributed by atoms with Crippen molar-refractivity contribution >= 4 is 27.8 Å². The summed E-state index contributed by atoms with van der Waals surface area (Å²) in [5.41, 5.74) is 3.86. The summed E-state index contributed by atoms with van der Waals surface area (Å²) in [5, 5.41) is 9.55. The van der Waals surface area contributed by atoms with Crippen LogP contribution in [0.1, 0.15) is 62.1 Å². The minimum absolute atomic E-state index is 0.0470. The molecule has 0 atom stereocenters. The molecule has 1 saturated heterocycles. The SMILES string of the molecule is O=C(Cc1noc2ccccc12)NC1CCC(CCN2CCC(c3coc4ccccc34)CC2)CC1. The first-order valence-electron chi connectivity index (χ1n) is 13.5. The number of piperidine rings is 1. The molecule has 1 N–H and O–H groups in total. The molecule has 6 heteroatoms. The maximum absolute atomic E-state index is 12.6. The Morgan fingerprint density at radius 1 is 0.917 bits per heavy atom. The molecule has 2 aromatic carbocycles. The van der Waals surface area contributed by atoms with Crippen molar-refractivity contribution in [2.75, 3.05) is 19.6 Å². The quantitative estimate of drug-likeness (QED) is 0.344. The summed E-state index contributed by atoms with van der Waals surface area (Å²) in [4.78, 5) is 15.3. The Morgan fingerprint density at radius 3 is 2.44 bits per heavy atom. The predicted octanol–water partition coefficient (Wildman–Crippen LogP) is 6.06. The average molecular weight is 486 g/mol. The number of hydrogen-bond acceptors (Lipinski definition) is 5. The molecule has 2 aromatic heterocycles. The molecular weight excluding hydrogens is 450 g/mol. The monoisotopic (exact) mass is 485 g/mol. The summed E-state index contributed by atoms with van der Waals surface area (Å²) >= 11 is 0. The van der Waals surface area contributed by atoms with Gasteiger partial charge in [0.25, 0.3) is 0 Å². The molecule has 6 rings (SSSR count). The van der Waals surface area contributed by atoms with E-state index in [1.807, 2.05) is 36.6 Å². The standard InChI is InChI=1S/C30H35N3O3/c34-30(19-27-25-6-2-4-8-29(25)36-32-27)31-23-11-9-21(10-12-23)13-16-33-17-14-22(15-18-33)26-20-35-28-7-3-1-5-24(26)28/h1-8,20-23H,9-19H2,(H,31,34). The van der Waals surface area contributed by atoms with Crippen LogP contribution in [0.15, 0.2) is 63.7 Å². The Kier molecular flexibility index (Phi) is 6.77. The van der Waals surface area contributed by atoms with E-state index in [0.29, 0.717) is 5.92 Å². The van der Waals surface area contributed by atoms with Gasteiger partial charge >= 0.3 is 0 Å². The molecule has 36 heavy (non-hydrogen) atoms. The van der Waals surface area contributed by atoms with E-state index >= 15 is 0 Å². The molecule has 3 heterocycles. The van der Waals surface area contributed by atoms with Crippen molar-refractivity contribution in [1.29, 1.82) is 0 Å². The molecule has 2 aliphatic rings. The minimum Gasteiger partial charge on any atom is -0.464 e. The molecule has 6 nitrogen and oxygen atoms in total. The van der Waals surface area contributed by atoms with E-state index in [-0.39, 0.29) is 18.4 Å². The molecule has 1 saturated carbocycles. The number of amides is 1. The van der Waals surface area contributed by atoms with E-state index < -0.39 is 0 Å². The average Bonchev–Trinajstić information content (AvgIpc) is 3.53. The number of benzene rings is 2. The number of fused-ring (bicyclic) bond motifs is 2. The third-order valence-electron chi connectivity index (χ3n) is 8.38. The summed E-state index contributed by atoms with van der Waals surface area (Å²) < 4.78 is 11.1. The zero-order valence-corrected chi connectivity index (χ0v) is 20.8. The number of carbonyl (C=O) groups is 1. The van der Waals surface area contributed by atoms with Gasteiger partial charge < -0.3 is 19.2 Å². The molecule has 2 fully saturated rings. The van der Waals surface area contributed by atoms with Gasteiger partial charge in [-0.25, -0.2) is 0 Å². The summed E-state index contributed by atoms with van der Waals surface area (Å²) in [7, 11) is 0. The van der Waals surface area contributed by atoms with Crippen LogP contribution >= 0.6 is 0 Å². The van der Waals surface area contributed by atoms with Crippen LogP contribution in [0.2, 0.25) is 0 Å². The van der Waals surface area contributed by atoms with Crippen molar-refractivity contribution in [1.82, 2.24) is 15.4 Å². The second-order valence-electron chi connectivity index (χ2n) is 10.7. The second kappa shape index (κ2) is 10.5. The summed E-state index contributed by atoms with van der Waals surface area (Å²) in [5.74, 6) is 1.43. The lowest BCUT2D eigenvalue weighted by atomic mass is 9.83. The Labute approximate surface area is 212 Å². The largest absolute Gasteiger partial charge is 0.464 e. The second-order valence-corrected chi connectivity index (χ2v) is 10.7. The number of hydrogen-bond donors (Lipinski definition) is 1. The fourth-order valence-corrected chi connectivity index (χ4v) is 6.24. The number of carbonyl (C=O) groups excluding carboxylic acids is 1. The number of aromatic nitrogens is 1. The van der Waals surface area contributed by atoms with E-state index in [2.05, 4.69) is 33.6 Å². The lowest BCUT2D eigenvalue weighted by Gasteiger charge is -2.34. The number of rotatable bonds is 7. The van der Waals surface area contributed by atoms with Gasteiger partial charge in [-0.2, -0.15) is 0 Å². The topological polar surface area (TPSA) is 71.5 Å². The molecule has 0 radical (unpaired) electrons. The van der Waals surface area contributed by atoms with Crippen LogP contribution in [0.3, 0.4) is 0 Å². The highest BCUT2D eigenvalue weighted by atomic mass is 16.5. The summed E-state index contributed by atoms with van der Waals surface area (Å²) in [6.07, 6.45) is 10.5. The van der Waals surface area contributed by atoms with Crippen LogP contribution in [0.25, 0.3) is 21.9 Å². The number of para-hydroxylation sites is 2. The van der Waals surface area contributed by atoms with Gasteiger partial charge in [0.05, 0.1) is 12.7 Å². The van der Waals surface area contributed by atoms with Crippen LogP contribution in [0.5, 0.6) is 0 Å². The van der Waals surface area contributed by atoms with E-state index in [1.54, 1.807) is 0 Å². The molecule has 0 bridgehead atoms. The lowest BCUT2D eigenvalue weighted by Crippen LogP contribution is -2.39. The maximum Gasteiger partial charge on any atom is 0.226 e. The minimum atomic E-state index is 0.0470. The van der Waals surface area contributed by atoms with E-state index in [1.165, 1.54) is 62.7 Å². The van der Waals surface area contributed by atoms with Crippen molar-refractivity contribution in [2.45, 2.75) is 63.3 Å². The first-order valence-corrected chi connectivity index (χ1v) is 13.5. The smallest absolute Gasteiger partial charge is 0.226 e. The van der Waals surface area contributed by atoms with Gasteiger partial charge in [-0.3, -0.25) is 4.79 Å². The van der Waals surface area contributed by atoms with Gasteiger partial charge in [-0.15, -0.1) is 0 Å². The molecule has 1 amide bonds. The molecule has 0 spiro atoms. The highest BCUT2D eigenvalue weighted by Gasteiger charge is 2.26. The van der Waals surface area contributed by atoms with Gasteiger partial charge in [0.15, 0.2) is 5.58 Å². The summed E-state index contributed by atoms with van der Waals surface area (Å²) in [6.45, 7) is 3.54. The number of furan rings is 1. The molecule has 0 unspecified atom stereocenters. The van der Waals surface area contributed by atoms with Crippen LogP contribution in [-0.4, -0.2) is 41.6 Å². The van der Waals surface area contributed by atoms with Crippen LogP contribution < -0.4 is 5.32 Å². The van der Waals surface area contributed by atoms with Crippen LogP contribution in [0, 0.1) is 5.92 Å².